The second-order valence-corrected chi connectivity index (χ2v) is 6.62. The highest BCUT2D eigenvalue weighted by atomic mass is 16.7. The fraction of sp³-hybridized carbons (Fsp3) is 0.600. The molecule has 0 N–H and O–H groups in total. The van der Waals surface area contributed by atoms with Crippen molar-refractivity contribution in [2.75, 3.05) is 13.2 Å². The number of carbonyl (C=O) groups excluding carboxylic acids is 2. The van der Waals surface area contributed by atoms with E-state index >= 15 is 0 Å². The SMILES string of the molecule is CCOC(=O)OC1C(c2c(C)cc(C)cc2CC)C(=O)N(CC)C1C. The molecule has 1 aliphatic rings. The summed E-state index contributed by atoms with van der Waals surface area (Å²) >= 11 is 0. The lowest BCUT2D eigenvalue weighted by Gasteiger charge is -2.24. The van der Waals surface area contributed by atoms with Gasteiger partial charge in [0, 0.05) is 6.54 Å². The molecule has 1 amide bonds. The minimum absolute atomic E-state index is 0.0194. The lowest BCUT2D eigenvalue weighted by atomic mass is 9.84. The number of carbonyl (C=O) groups is 2. The average Bonchev–Trinajstić information content (AvgIpc) is 2.77. The van der Waals surface area contributed by atoms with Crippen LogP contribution in [0.25, 0.3) is 0 Å². The number of likely N-dealkylation sites (N-methyl/N-ethyl adjacent to an activating group) is 1. The molecule has 1 aromatic rings. The van der Waals surface area contributed by atoms with Crippen molar-refractivity contribution >= 4 is 12.1 Å². The zero-order valence-electron chi connectivity index (χ0n) is 16.1. The highest BCUT2D eigenvalue weighted by molar-refractivity contribution is 5.88. The Hall–Kier alpha value is -2.04. The van der Waals surface area contributed by atoms with Crippen molar-refractivity contribution in [2.45, 2.75) is 66.0 Å². The van der Waals surface area contributed by atoms with Gasteiger partial charge in [0.15, 0.2) is 0 Å². The molecule has 25 heavy (non-hydrogen) atoms. The van der Waals surface area contributed by atoms with E-state index in [0.29, 0.717) is 6.54 Å². The predicted molar refractivity (Wildman–Crippen MR) is 96.8 cm³/mol. The van der Waals surface area contributed by atoms with Crippen molar-refractivity contribution in [1.29, 1.82) is 0 Å². The van der Waals surface area contributed by atoms with Gasteiger partial charge in [-0.25, -0.2) is 4.79 Å². The molecule has 3 atom stereocenters. The fourth-order valence-corrected chi connectivity index (χ4v) is 3.94. The molecule has 0 spiro atoms. The van der Waals surface area contributed by atoms with Crippen LogP contribution in [0.3, 0.4) is 0 Å². The summed E-state index contributed by atoms with van der Waals surface area (Å²) in [5.74, 6) is -0.458. The molecule has 0 aliphatic carbocycles. The summed E-state index contributed by atoms with van der Waals surface area (Å²) in [4.78, 5) is 26.8. The summed E-state index contributed by atoms with van der Waals surface area (Å²) < 4.78 is 10.6. The van der Waals surface area contributed by atoms with Gasteiger partial charge in [-0.1, -0.05) is 24.6 Å². The Labute approximate surface area is 150 Å². The molecule has 5 heteroatoms. The van der Waals surface area contributed by atoms with Gasteiger partial charge in [-0.15, -0.1) is 0 Å². The van der Waals surface area contributed by atoms with Crippen molar-refractivity contribution < 1.29 is 19.1 Å². The van der Waals surface area contributed by atoms with Gasteiger partial charge < -0.3 is 14.4 Å². The molecule has 1 heterocycles. The van der Waals surface area contributed by atoms with E-state index in [1.807, 2.05) is 20.8 Å². The Balaban J connectivity index is 2.51. The number of ether oxygens (including phenoxy) is 2. The van der Waals surface area contributed by atoms with Crippen molar-refractivity contribution in [3.05, 3.63) is 34.4 Å². The van der Waals surface area contributed by atoms with E-state index in [-0.39, 0.29) is 18.6 Å². The van der Waals surface area contributed by atoms with Gasteiger partial charge in [-0.05, 0) is 57.7 Å². The lowest BCUT2D eigenvalue weighted by Crippen LogP contribution is -2.36. The van der Waals surface area contributed by atoms with Crippen LogP contribution in [0.1, 0.15) is 55.9 Å². The molecule has 138 valence electrons. The van der Waals surface area contributed by atoms with Gasteiger partial charge in [-0.2, -0.15) is 0 Å². The number of nitrogens with zero attached hydrogens (tertiary/aromatic N) is 1. The normalized spacial score (nSPS) is 23.0. The molecular weight excluding hydrogens is 318 g/mol. The summed E-state index contributed by atoms with van der Waals surface area (Å²) in [6.07, 6.45) is -0.426. The van der Waals surface area contributed by atoms with Crippen molar-refractivity contribution in [2.24, 2.45) is 0 Å². The van der Waals surface area contributed by atoms with E-state index in [0.717, 1.165) is 23.1 Å². The predicted octanol–water partition coefficient (Wildman–Crippen LogP) is 3.74. The minimum atomic E-state index is -0.710. The van der Waals surface area contributed by atoms with Gasteiger partial charge in [0.05, 0.1) is 12.6 Å². The third kappa shape index (κ3) is 3.65. The Morgan fingerprint density at radius 3 is 2.44 bits per heavy atom. The Kier molecular flexibility index (Phi) is 6.09. The molecule has 0 bridgehead atoms. The molecule has 1 saturated heterocycles. The Morgan fingerprint density at radius 1 is 1.20 bits per heavy atom. The van der Waals surface area contributed by atoms with Crippen LogP contribution in [0, 0.1) is 13.8 Å². The first-order chi connectivity index (χ1) is 11.8. The molecule has 1 fully saturated rings. The maximum absolute atomic E-state index is 13.1. The molecule has 5 nitrogen and oxygen atoms in total. The number of benzene rings is 1. The second kappa shape index (κ2) is 7.89. The molecule has 0 radical (unpaired) electrons. The molecular formula is C20H29NO4. The van der Waals surface area contributed by atoms with Gasteiger partial charge in [0.1, 0.15) is 12.0 Å². The van der Waals surface area contributed by atoms with Crippen LogP contribution in [0.4, 0.5) is 4.79 Å². The topological polar surface area (TPSA) is 55.8 Å². The van der Waals surface area contributed by atoms with E-state index in [1.165, 1.54) is 5.56 Å². The number of amides is 1. The van der Waals surface area contributed by atoms with Crippen LogP contribution >= 0.6 is 0 Å². The van der Waals surface area contributed by atoms with Crippen LogP contribution in [0.5, 0.6) is 0 Å². The number of aryl methyl sites for hydroxylation is 3. The standard InChI is InChI=1S/C20H29NO4/c1-7-15-11-12(4)10-13(5)16(15)17-18(25-20(23)24-9-3)14(6)21(8-2)19(17)22/h10-11,14,17-18H,7-9H2,1-6H3. The van der Waals surface area contributed by atoms with E-state index < -0.39 is 18.2 Å². The van der Waals surface area contributed by atoms with Crippen molar-refractivity contribution in [3.8, 4) is 0 Å². The monoisotopic (exact) mass is 347 g/mol. The molecule has 3 unspecified atom stereocenters. The largest absolute Gasteiger partial charge is 0.508 e. The van der Waals surface area contributed by atoms with E-state index in [1.54, 1.807) is 11.8 Å². The van der Waals surface area contributed by atoms with Crippen LogP contribution in [0.15, 0.2) is 12.1 Å². The highest BCUT2D eigenvalue weighted by Crippen LogP contribution is 2.39. The third-order valence-electron chi connectivity index (χ3n) is 4.99. The molecule has 1 aliphatic heterocycles. The van der Waals surface area contributed by atoms with Gasteiger partial charge in [-0.3, -0.25) is 4.79 Å². The minimum Gasteiger partial charge on any atom is -0.435 e. The Bertz CT molecular complexity index is 655. The maximum atomic E-state index is 13.1. The second-order valence-electron chi connectivity index (χ2n) is 6.62. The zero-order valence-corrected chi connectivity index (χ0v) is 16.1. The van der Waals surface area contributed by atoms with Crippen molar-refractivity contribution in [3.63, 3.8) is 0 Å². The first-order valence-corrected chi connectivity index (χ1v) is 9.09. The number of hydrogen-bond donors (Lipinski definition) is 0. The summed E-state index contributed by atoms with van der Waals surface area (Å²) in [6.45, 7) is 12.6. The third-order valence-corrected chi connectivity index (χ3v) is 4.99. The first kappa shape index (κ1) is 19.3. The summed E-state index contributed by atoms with van der Waals surface area (Å²) in [7, 11) is 0. The highest BCUT2D eigenvalue weighted by Gasteiger charge is 2.49. The Morgan fingerprint density at radius 2 is 1.88 bits per heavy atom. The summed E-state index contributed by atoms with van der Waals surface area (Å²) in [5, 5.41) is 0. The molecule has 0 aromatic heterocycles. The average molecular weight is 347 g/mol. The van der Waals surface area contributed by atoms with Crippen LogP contribution in [-0.2, 0) is 20.7 Å². The smallest absolute Gasteiger partial charge is 0.435 e. The fourth-order valence-electron chi connectivity index (χ4n) is 3.94. The van der Waals surface area contributed by atoms with Gasteiger partial charge in [0.25, 0.3) is 0 Å². The summed E-state index contributed by atoms with van der Waals surface area (Å²) in [5.41, 5.74) is 4.37. The lowest BCUT2D eigenvalue weighted by molar-refractivity contribution is -0.129. The van der Waals surface area contributed by atoms with E-state index in [2.05, 4.69) is 26.0 Å². The maximum Gasteiger partial charge on any atom is 0.508 e. The van der Waals surface area contributed by atoms with Crippen molar-refractivity contribution in [1.82, 2.24) is 4.90 Å². The van der Waals surface area contributed by atoms with Gasteiger partial charge >= 0.3 is 6.16 Å². The summed E-state index contributed by atoms with van der Waals surface area (Å²) in [6, 6.07) is 4.02. The van der Waals surface area contributed by atoms with Crippen LogP contribution < -0.4 is 0 Å². The van der Waals surface area contributed by atoms with Crippen LogP contribution in [-0.4, -0.2) is 42.3 Å². The van der Waals surface area contributed by atoms with Gasteiger partial charge in [0.2, 0.25) is 5.91 Å². The van der Waals surface area contributed by atoms with E-state index in [4.69, 9.17) is 9.47 Å². The molecule has 0 saturated carbocycles. The van der Waals surface area contributed by atoms with Crippen LogP contribution in [0.2, 0.25) is 0 Å². The number of likely N-dealkylation sites (tertiary alicyclic amines) is 1. The quantitative estimate of drug-likeness (QED) is 0.761. The first-order valence-electron chi connectivity index (χ1n) is 9.09. The zero-order chi connectivity index (χ0) is 18.7. The molecule has 2 rings (SSSR count). The van der Waals surface area contributed by atoms with E-state index in [9.17, 15) is 9.59 Å². The number of hydrogen-bond acceptors (Lipinski definition) is 4. The number of rotatable bonds is 5. The molecule has 1 aromatic carbocycles.